The molecule has 0 radical (unpaired) electrons. The van der Waals surface area contributed by atoms with Gasteiger partial charge in [0.1, 0.15) is 11.6 Å². The number of rotatable bonds is 5. The number of aryl methyl sites for hydroxylation is 2. The first-order valence-electron chi connectivity index (χ1n) is 7.82. The first kappa shape index (κ1) is 18.3. The highest BCUT2D eigenvalue weighted by atomic mass is 32.2. The molecular formula is C19H21FO3S. The molecule has 0 aromatic heterocycles. The second-order valence-corrected chi connectivity index (χ2v) is 6.88. The van der Waals surface area contributed by atoms with E-state index >= 15 is 0 Å². The van der Waals surface area contributed by atoms with Crippen LogP contribution < -0.4 is 0 Å². The van der Waals surface area contributed by atoms with E-state index in [2.05, 4.69) is 0 Å². The number of hydrogen-bond acceptors (Lipinski definition) is 4. The van der Waals surface area contributed by atoms with Gasteiger partial charge in [0, 0.05) is 9.79 Å². The van der Waals surface area contributed by atoms with Crippen molar-refractivity contribution in [2.45, 2.75) is 50.0 Å². The molecule has 0 unspecified atom stereocenters. The molecule has 0 aliphatic carbocycles. The average Bonchev–Trinajstić information content (AvgIpc) is 2.50. The lowest BCUT2D eigenvalue weighted by molar-refractivity contribution is 0.0373. The van der Waals surface area contributed by atoms with Gasteiger partial charge in [-0.25, -0.2) is 9.18 Å². The molecule has 24 heavy (non-hydrogen) atoms. The Balaban J connectivity index is 2.44. The van der Waals surface area contributed by atoms with Crippen LogP contribution in [0, 0.1) is 12.7 Å². The Labute approximate surface area is 145 Å². The second kappa shape index (κ2) is 7.71. The Morgan fingerprint density at radius 2 is 2.00 bits per heavy atom. The number of aromatic hydroxyl groups is 1. The fourth-order valence-electron chi connectivity index (χ4n) is 2.32. The summed E-state index contributed by atoms with van der Waals surface area (Å²) in [6.45, 7) is 7.23. The Kier molecular flexibility index (Phi) is 5.89. The number of ether oxygens (including phenoxy) is 1. The Morgan fingerprint density at radius 3 is 2.62 bits per heavy atom. The van der Waals surface area contributed by atoms with E-state index in [1.54, 1.807) is 32.9 Å². The largest absolute Gasteiger partial charge is 0.508 e. The molecule has 0 saturated carbocycles. The third-order valence-electron chi connectivity index (χ3n) is 3.45. The normalized spacial score (nSPS) is 10.9. The van der Waals surface area contributed by atoms with Crippen LogP contribution in [0.3, 0.4) is 0 Å². The summed E-state index contributed by atoms with van der Waals surface area (Å²) in [5.74, 6) is -0.755. The molecule has 0 amide bonds. The molecule has 0 heterocycles. The molecule has 5 heteroatoms. The van der Waals surface area contributed by atoms with E-state index in [1.807, 2.05) is 13.0 Å². The fraction of sp³-hybridized carbons (Fsp3) is 0.316. The molecule has 0 spiro atoms. The molecule has 2 aromatic carbocycles. The highest BCUT2D eigenvalue weighted by Gasteiger charge is 2.19. The molecule has 1 N–H and O–H groups in total. The van der Waals surface area contributed by atoms with Gasteiger partial charge in [-0.05, 0) is 68.7 Å². The summed E-state index contributed by atoms with van der Waals surface area (Å²) in [7, 11) is 0. The molecule has 0 bridgehead atoms. The van der Waals surface area contributed by atoms with E-state index < -0.39 is 11.8 Å². The van der Waals surface area contributed by atoms with Crippen LogP contribution in [0.2, 0.25) is 0 Å². The number of carbonyl (C=O) groups excluding carboxylic acids is 1. The third-order valence-corrected chi connectivity index (χ3v) is 4.69. The topological polar surface area (TPSA) is 46.5 Å². The summed E-state index contributed by atoms with van der Waals surface area (Å²) < 4.78 is 19.0. The van der Waals surface area contributed by atoms with Gasteiger partial charge in [0.25, 0.3) is 0 Å². The van der Waals surface area contributed by atoms with Crippen LogP contribution in [-0.2, 0) is 11.2 Å². The minimum absolute atomic E-state index is 0.220. The number of carbonyl (C=O) groups is 1. The molecule has 2 rings (SSSR count). The maximum atomic E-state index is 13.8. The number of hydrogen-bond donors (Lipinski definition) is 1. The Hall–Kier alpha value is -2.01. The first-order chi connectivity index (χ1) is 11.3. The van der Waals surface area contributed by atoms with Gasteiger partial charge in [-0.3, -0.25) is 0 Å². The van der Waals surface area contributed by atoms with Gasteiger partial charge < -0.3 is 9.84 Å². The zero-order valence-electron chi connectivity index (χ0n) is 14.2. The van der Waals surface area contributed by atoms with Crippen molar-refractivity contribution in [3.8, 4) is 5.75 Å². The highest BCUT2D eigenvalue weighted by molar-refractivity contribution is 7.99. The average molecular weight is 348 g/mol. The summed E-state index contributed by atoms with van der Waals surface area (Å²) >= 11 is 1.36. The SMILES string of the molecule is CCc1cc(Sc2c(C)cc(F)cc2C(=O)OC(C)C)ccc1O. The van der Waals surface area contributed by atoms with Gasteiger partial charge in [0.2, 0.25) is 0 Å². The van der Waals surface area contributed by atoms with Crippen LogP contribution in [0.1, 0.15) is 42.3 Å². The van der Waals surface area contributed by atoms with Crippen molar-refractivity contribution in [2.75, 3.05) is 0 Å². The number of halogens is 1. The zero-order chi connectivity index (χ0) is 17.9. The predicted molar refractivity (Wildman–Crippen MR) is 93.3 cm³/mol. The van der Waals surface area contributed by atoms with Crippen LogP contribution in [0.4, 0.5) is 4.39 Å². The van der Waals surface area contributed by atoms with E-state index in [-0.39, 0.29) is 17.4 Å². The monoisotopic (exact) mass is 348 g/mol. The number of esters is 1. The molecular weight excluding hydrogens is 327 g/mol. The van der Waals surface area contributed by atoms with Crippen molar-refractivity contribution in [2.24, 2.45) is 0 Å². The smallest absolute Gasteiger partial charge is 0.339 e. The van der Waals surface area contributed by atoms with Crippen LogP contribution in [0.15, 0.2) is 40.1 Å². The van der Waals surface area contributed by atoms with Gasteiger partial charge in [-0.15, -0.1) is 0 Å². The second-order valence-electron chi connectivity index (χ2n) is 5.80. The number of phenolic OH excluding ortho intramolecular Hbond substituents is 1. The van der Waals surface area contributed by atoms with Crippen LogP contribution in [-0.4, -0.2) is 17.2 Å². The fourth-order valence-corrected chi connectivity index (χ4v) is 3.37. The van der Waals surface area contributed by atoms with Gasteiger partial charge in [0.05, 0.1) is 11.7 Å². The zero-order valence-corrected chi connectivity index (χ0v) is 15.0. The van der Waals surface area contributed by atoms with Crippen LogP contribution >= 0.6 is 11.8 Å². The van der Waals surface area contributed by atoms with Crippen LogP contribution in [0.25, 0.3) is 0 Å². The number of benzene rings is 2. The van der Waals surface area contributed by atoms with Crippen molar-refractivity contribution in [1.82, 2.24) is 0 Å². The third kappa shape index (κ3) is 4.29. The molecule has 3 nitrogen and oxygen atoms in total. The van der Waals surface area contributed by atoms with Crippen molar-refractivity contribution in [3.63, 3.8) is 0 Å². The van der Waals surface area contributed by atoms with Crippen LogP contribution in [0.5, 0.6) is 5.75 Å². The number of phenols is 1. The molecule has 0 aliphatic heterocycles. The van der Waals surface area contributed by atoms with Gasteiger partial charge in [-0.1, -0.05) is 18.7 Å². The molecule has 0 aliphatic rings. The van der Waals surface area contributed by atoms with Crippen molar-refractivity contribution in [1.29, 1.82) is 0 Å². The maximum absolute atomic E-state index is 13.8. The lowest BCUT2D eigenvalue weighted by atomic mass is 10.1. The molecule has 128 valence electrons. The van der Waals surface area contributed by atoms with Crippen molar-refractivity contribution < 1.29 is 19.0 Å². The summed E-state index contributed by atoms with van der Waals surface area (Å²) in [6.07, 6.45) is 0.421. The molecule has 0 saturated heterocycles. The molecule has 0 fully saturated rings. The highest BCUT2D eigenvalue weighted by Crippen LogP contribution is 2.36. The molecule has 2 aromatic rings. The summed E-state index contributed by atoms with van der Waals surface area (Å²) in [4.78, 5) is 13.8. The quantitative estimate of drug-likeness (QED) is 0.762. The van der Waals surface area contributed by atoms with E-state index in [9.17, 15) is 14.3 Å². The van der Waals surface area contributed by atoms with Gasteiger partial charge in [-0.2, -0.15) is 0 Å². The van der Waals surface area contributed by atoms with E-state index in [1.165, 1.54) is 23.9 Å². The Bertz CT molecular complexity index is 757. The summed E-state index contributed by atoms with van der Waals surface area (Å²) in [5.41, 5.74) is 1.71. The molecule has 0 atom stereocenters. The lowest BCUT2D eigenvalue weighted by Gasteiger charge is -2.14. The lowest BCUT2D eigenvalue weighted by Crippen LogP contribution is -2.13. The minimum Gasteiger partial charge on any atom is -0.508 e. The van der Waals surface area contributed by atoms with Gasteiger partial charge in [0.15, 0.2) is 0 Å². The minimum atomic E-state index is -0.537. The maximum Gasteiger partial charge on any atom is 0.339 e. The van der Waals surface area contributed by atoms with Crippen molar-refractivity contribution in [3.05, 3.63) is 52.8 Å². The standard InChI is InChI=1S/C19H21FO3S/c1-5-13-9-15(6-7-17(13)21)24-18-12(4)8-14(20)10-16(18)19(22)23-11(2)3/h6-11,21H,5H2,1-4H3. The van der Waals surface area contributed by atoms with E-state index in [4.69, 9.17) is 4.74 Å². The van der Waals surface area contributed by atoms with E-state index in [0.717, 1.165) is 10.5 Å². The van der Waals surface area contributed by atoms with Gasteiger partial charge >= 0.3 is 5.97 Å². The predicted octanol–water partition coefficient (Wildman–Crippen LogP) is 5.12. The Morgan fingerprint density at radius 1 is 1.29 bits per heavy atom. The first-order valence-corrected chi connectivity index (χ1v) is 8.64. The van der Waals surface area contributed by atoms with Crippen molar-refractivity contribution >= 4 is 17.7 Å². The van der Waals surface area contributed by atoms with E-state index in [0.29, 0.717) is 16.9 Å². The summed E-state index contributed by atoms with van der Waals surface area (Å²) in [5, 5.41) is 9.80. The summed E-state index contributed by atoms with van der Waals surface area (Å²) in [6, 6.07) is 7.89.